The molecular weight excluding hydrogens is 264 g/mol. The average Bonchev–Trinajstić information content (AvgIpc) is 2.91. The zero-order chi connectivity index (χ0) is 12.5. The molecule has 2 heterocycles. The van der Waals surface area contributed by atoms with E-state index in [0.29, 0.717) is 10.7 Å². The van der Waals surface area contributed by atoms with Gasteiger partial charge in [0.15, 0.2) is 0 Å². The fraction of sp³-hybridized carbons (Fsp3) is 0.286. The Morgan fingerprint density at radius 2 is 2.06 bits per heavy atom. The fourth-order valence-corrected chi connectivity index (χ4v) is 3.50. The number of pyridine rings is 1. The minimum Gasteiger partial charge on any atom is -0.234 e. The summed E-state index contributed by atoms with van der Waals surface area (Å²) < 4.78 is 0. The Bertz CT molecular complexity index is 626. The van der Waals surface area contributed by atoms with Crippen LogP contribution in [0.25, 0.3) is 10.6 Å². The van der Waals surface area contributed by atoms with E-state index in [4.69, 9.17) is 11.6 Å². The normalized spacial score (nSPS) is 14.0. The second-order valence-electron chi connectivity index (χ2n) is 4.38. The number of fused-ring (bicyclic) bond motifs is 1. The Hall–Kier alpha value is -1.37. The van der Waals surface area contributed by atoms with Crippen molar-refractivity contribution in [2.45, 2.75) is 25.7 Å². The molecule has 0 unspecified atom stereocenters. The quantitative estimate of drug-likeness (QED) is 0.730. The number of rotatable bonds is 1. The van der Waals surface area contributed by atoms with E-state index < -0.39 is 0 Å². The van der Waals surface area contributed by atoms with E-state index in [1.807, 2.05) is 11.4 Å². The summed E-state index contributed by atoms with van der Waals surface area (Å²) in [6, 6.07) is 6.28. The predicted molar refractivity (Wildman–Crippen MR) is 73.9 cm³/mol. The molecule has 90 valence electrons. The number of hydrogen-bond acceptors (Lipinski definition) is 3. The molecule has 0 radical (unpaired) electrons. The number of nitriles is 1. The molecule has 2 nitrogen and oxygen atoms in total. The molecule has 0 saturated carbocycles. The third-order valence-electron chi connectivity index (χ3n) is 3.34. The summed E-state index contributed by atoms with van der Waals surface area (Å²) in [6.07, 6.45) is 4.24. The van der Waals surface area contributed by atoms with Crippen LogP contribution in [0.4, 0.5) is 0 Å². The van der Waals surface area contributed by atoms with Crippen LogP contribution in [0, 0.1) is 11.3 Å². The van der Waals surface area contributed by atoms with Crippen LogP contribution >= 0.6 is 22.9 Å². The lowest BCUT2D eigenvalue weighted by molar-refractivity contribution is 0.682. The van der Waals surface area contributed by atoms with Gasteiger partial charge in [-0.25, -0.2) is 4.98 Å². The topological polar surface area (TPSA) is 36.7 Å². The first-order valence-corrected chi connectivity index (χ1v) is 7.22. The maximum absolute atomic E-state index is 9.22. The first-order valence-electron chi connectivity index (χ1n) is 5.96. The van der Waals surface area contributed by atoms with Crippen molar-refractivity contribution in [2.75, 3.05) is 0 Å². The molecule has 2 aromatic rings. The van der Waals surface area contributed by atoms with Gasteiger partial charge in [-0.2, -0.15) is 5.26 Å². The summed E-state index contributed by atoms with van der Waals surface area (Å²) in [7, 11) is 0. The number of aromatic nitrogens is 1. The molecule has 0 saturated heterocycles. The van der Waals surface area contributed by atoms with Gasteiger partial charge in [-0.15, -0.1) is 11.3 Å². The summed E-state index contributed by atoms with van der Waals surface area (Å²) in [5, 5.41) is 11.6. The van der Waals surface area contributed by atoms with Gasteiger partial charge in [0.25, 0.3) is 0 Å². The van der Waals surface area contributed by atoms with Gasteiger partial charge in [0.05, 0.1) is 16.1 Å². The molecule has 1 aliphatic carbocycles. The third kappa shape index (κ3) is 1.82. The summed E-state index contributed by atoms with van der Waals surface area (Å²) in [5.41, 5.74) is 3.90. The van der Waals surface area contributed by atoms with Crippen LogP contribution < -0.4 is 0 Å². The Labute approximate surface area is 115 Å². The van der Waals surface area contributed by atoms with Crippen molar-refractivity contribution in [3.63, 3.8) is 0 Å². The van der Waals surface area contributed by atoms with E-state index in [-0.39, 0.29) is 0 Å². The van der Waals surface area contributed by atoms with Gasteiger partial charge >= 0.3 is 0 Å². The van der Waals surface area contributed by atoms with Crippen LogP contribution in [0.15, 0.2) is 17.5 Å². The molecule has 0 aliphatic heterocycles. The molecule has 0 amide bonds. The fourth-order valence-electron chi connectivity index (χ4n) is 2.52. The maximum Gasteiger partial charge on any atom is 0.147 e. The highest BCUT2D eigenvalue weighted by Gasteiger charge is 2.22. The second-order valence-corrected chi connectivity index (χ2v) is 5.69. The van der Waals surface area contributed by atoms with Crippen molar-refractivity contribution in [3.05, 3.63) is 39.4 Å². The molecule has 2 aromatic heterocycles. The van der Waals surface area contributed by atoms with Gasteiger partial charge in [0.1, 0.15) is 11.2 Å². The molecule has 0 N–H and O–H groups in total. The van der Waals surface area contributed by atoms with E-state index >= 15 is 0 Å². The van der Waals surface area contributed by atoms with Crippen LogP contribution in [-0.4, -0.2) is 4.98 Å². The molecule has 18 heavy (non-hydrogen) atoms. The van der Waals surface area contributed by atoms with Gasteiger partial charge in [-0.1, -0.05) is 17.7 Å². The predicted octanol–water partition coefficient (Wildman–Crippen LogP) is 4.21. The van der Waals surface area contributed by atoms with Gasteiger partial charge in [0, 0.05) is 0 Å². The summed E-state index contributed by atoms with van der Waals surface area (Å²) >= 11 is 7.82. The lowest BCUT2D eigenvalue weighted by Gasteiger charge is -2.20. The number of hydrogen-bond donors (Lipinski definition) is 0. The first-order chi connectivity index (χ1) is 8.81. The van der Waals surface area contributed by atoms with Crippen molar-refractivity contribution in [2.24, 2.45) is 0 Å². The highest BCUT2D eigenvalue weighted by molar-refractivity contribution is 7.13. The van der Waals surface area contributed by atoms with Crippen LogP contribution in [0.1, 0.15) is 29.5 Å². The minimum atomic E-state index is 0.349. The van der Waals surface area contributed by atoms with E-state index in [1.165, 1.54) is 12.0 Å². The standard InChI is InChI=1S/C14H11ClN2S/c15-14-11(8-16)9-4-1-2-5-10(9)13(17-14)12-6-3-7-18-12/h3,6-7H,1-2,4-5H2. The lowest BCUT2D eigenvalue weighted by Crippen LogP contribution is -2.09. The molecular formula is C14H11ClN2S. The Morgan fingerprint density at radius 1 is 1.28 bits per heavy atom. The molecule has 0 bridgehead atoms. The first kappa shape index (κ1) is 11.7. The van der Waals surface area contributed by atoms with Crippen LogP contribution in [0.3, 0.4) is 0 Å². The van der Waals surface area contributed by atoms with Crippen molar-refractivity contribution in [1.29, 1.82) is 5.26 Å². The smallest absolute Gasteiger partial charge is 0.147 e. The van der Waals surface area contributed by atoms with Crippen molar-refractivity contribution < 1.29 is 0 Å². The number of nitrogens with zero attached hydrogens (tertiary/aromatic N) is 2. The third-order valence-corrected chi connectivity index (χ3v) is 4.49. The Kier molecular flexibility index (Phi) is 3.07. The maximum atomic E-state index is 9.22. The van der Waals surface area contributed by atoms with E-state index in [2.05, 4.69) is 17.1 Å². The van der Waals surface area contributed by atoms with Gasteiger partial charge in [-0.3, -0.25) is 0 Å². The second kappa shape index (κ2) is 4.72. The number of halogens is 1. The largest absolute Gasteiger partial charge is 0.234 e. The van der Waals surface area contributed by atoms with E-state index in [0.717, 1.165) is 35.4 Å². The molecule has 0 spiro atoms. The zero-order valence-corrected chi connectivity index (χ0v) is 11.3. The highest BCUT2D eigenvalue weighted by Crippen LogP contribution is 2.36. The highest BCUT2D eigenvalue weighted by atomic mass is 35.5. The van der Waals surface area contributed by atoms with Crippen LogP contribution in [0.2, 0.25) is 5.15 Å². The molecule has 4 heteroatoms. The molecule has 0 atom stereocenters. The van der Waals surface area contributed by atoms with Crippen molar-refractivity contribution >= 4 is 22.9 Å². The van der Waals surface area contributed by atoms with Gasteiger partial charge in [0.2, 0.25) is 0 Å². The molecule has 1 aliphatic rings. The minimum absolute atomic E-state index is 0.349. The van der Waals surface area contributed by atoms with Crippen LogP contribution in [-0.2, 0) is 12.8 Å². The number of thiophene rings is 1. The van der Waals surface area contributed by atoms with Gasteiger partial charge in [-0.05, 0) is 48.3 Å². The Morgan fingerprint density at radius 3 is 2.72 bits per heavy atom. The average molecular weight is 275 g/mol. The SMILES string of the molecule is N#Cc1c(Cl)nc(-c2cccs2)c2c1CCCC2. The monoisotopic (exact) mass is 274 g/mol. The van der Waals surface area contributed by atoms with E-state index in [9.17, 15) is 5.26 Å². The summed E-state index contributed by atoms with van der Waals surface area (Å²) in [4.78, 5) is 5.59. The summed E-state index contributed by atoms with van der Waals surface area (Å²) in [6.45, 7) is 0. The molecule has 3 rings (SSSR count). The van der Waals surface area contributed by atoms with Gasteiger partial charge < -0.3 is 0 Å². The van der Waals surface area contributed by atoms with Crippen molar-refractivity contribution in [3.8, 4) is 16.6 Å². The lowest BCUT2D eigenvalue weighted by atomic mass is 9.88. The van der Waals surface area contributed by atoms with Crippen molar-refractivity contribution in [1.82, 2.24) is 4.98 Å². The molecule has 0 fully saturated rings. The summed E-state index contributed by atoms with van der Waals surface area (Å²) in [5.74, 6) is 0. The van der Waals surface area contributed by atoms with Crippen LogP contribution in [0.5, 0.6) is 0 Å². The van der Waals surface area contributed by atoms with E-state index in [1.54, 1.807) is 11.3 Å². The Balaban J connectivity index is 2.28. The molecule has 0 aromatic carbocycles. The zero-order valence-electron chi connectivity index (χ0n) is 9.74.